The molecule has 2 bridgehead atoms. The smallest absolute Gasteiger partial charge is 0.220 e. The number of rotatable bonds is 6. The van der Waals surface area contributed by atoms with Gasteiger partial charge in [0.25, 0.3) is 0 Å². The summed E-state index contributed by atoms with van der Waals surface area (Å²) in [5.74, 6) is 0.863. The van der Waals surface area contributed by atoms with Gasteiger partial charge in [0.05, 0.1) is 12.2 Å². The molecule has 3 fully saturated rings. The van der Waals surface area contributed by atoms with Crippen LogP contribution in [0.3, 0.4) is 0 Å². The summed E-state index contributed by atoms with van der Waals surface area (Å²) in [6, 6.07) is 0.357. The topological polar surface area (TPSA) is 50.2 Å². The van der Waals surface area contributed by atoms with Gasteiger partial charge in [0.15, 0.2) is 0 Å². The van der Waals surface area contributed by atoms with Crippen LogP contribution < -0.4 is 5.32 Å². The number of nitrogens with one attached hydrogen (secondary N) is 1. The van der Waals surface area contributed by atoms with Gasteiger partial charge in [0.1, 0.15) is 0 Å². The fourth-order valence-electron chi connectivity index (χ4n) is 4.04. The molecule has 23 heavy (non-hydrogen) atoms. The highest BCUT2D eigenvalue weighted by Crippen LogP contribution is 2.27. The van der Waals surface area contributed by atoms with Crippen molar-refractivity contribution < 1.29 is 4.79 Å². The summed E-state index contributed by atoms with van der Waals surface area (Å²) in [5, 5.41) is 7.80. The van der Waals surface area contributed by atoms with E-state index in [1.54, 1.807) is 0 Å². The Morgan fingerprint density at radius 3 is 2.74 bits per heavy atom. The average Bonchev–Trinajstić information content (AvgIpc) is 2.81. The second-order valence-corrected chi connectivity index (χ2v) is 6.93. The highest BCUT2D eigenvalue weighted by Gasteiger charge is 2.34. The number of nitrogens with zero attached hydrogens (tertiary/aromatic N) is 3. The molecule has 5 heteroatoms. The van der Waals surface area contributed by atoms with Crippen LogP contribution in [-0.2, 0) is 17.8 Å². The lowest BCUT2D eigenvalue weighted by Gasteiger charge is -2.44. The van der Waals surface area contributed by atoms with Crippen LogP contribution in [0, 0.1) is 19.8 Å². The number of carbonyl (C=O) groups excluding carboxylic acids is 1. The summed E-state index contributed by atoms with van der Waals surface area (Å²) in [4.78, 5) is 14.8. The van der Waals surface area contributed by atoms with Crippen molar-refractivity contribution in [2.75, 3.05) is 19.6 Å². The summed E-state index contributed by atoms with van der Waals surface area (Å²) >= 11 is 0. The molecule has 4 rings (SSSR count). The summed E-state index contributed by atoms with van der Waals surface area (Å²) in [6.07, 6.45) is 5.63. The minimum Gasteiger partial charge on any atom is -0.352 e. The molecule has 0 spiro atoms. The standard InChI is InChI=1S/C18H28N4O/c1-4-9-22-14(3)16(13(2)20-22)5-6-18(23)19-17-12-21-10-7-15(17)8-11-21/h4,15,17H,1,5-12H2,2-3H3,(H,19,23). The summed E-state index contributed by atoms with van der Waals surface area (Å²) in [5.41, 5.74) is 3.38. The number of piperidine rings is 3. The average molecular weight is 316 g/mol. The molecule has 1 atom stereocenters. The zero-order valence-electron chi connectivity index (χ0n) is 14.3. The highest BCUT2D eigenvalue weighted by molar-refractivity contribution is 5.76. The maximum Gasteiger partial charge on any atom is 0.220 e. The molecule has 1 amide bonds. The van der Waals surface area contributed by atoms with Crippen LogP contribution in [0.4, 0.5) is 0 Å². The lowest BCUT2D eigenvalue weighted by Crippen LogP contribution is -2.57. The maximum absolute atomic E-state index is 12.3. The van der Waals surface area contributed by atoms with Gasteiger partial charge < -0.3 is 10.2 Å². The fourth-order valence-corrected chi connectivity index (χ4v) is 4.04. The number of aromatic nitrogens is 2. The van der Waals surface area contributed by atoms with Crippen LogP contribution in [0.1, 0.15) is 36.2 Å². The second-order valence-electron chi connectivity index (χ2n) is 6.93. The van der Waals surface area contributed by atoms with E-state index in [1.807, 2.05) is 17.7 Å². The first-order valence-electron chi connectivity index (χ1n) is 8.74. The van der Waals surface area contributed by atoms with Gasteiger partial charge in [-0.2, -0.15) is 5.10 Å². The largest absolute Gasteiger partial charge is 0.352 e. The maximum atomic E-state index is 12.3. The Balaban J connectivity index is 1.54. The van der Waals surface area contributed by atoms with Crippen molar-refractivity contribution in [1.29, 1.82) is 0 Å². The van der Waals surface area contributed by atoms with E-state index in [0.29, 0.717) is 18.4 Å². The normalized spacial score (nSPS) is 26.3. The molecule has 3 aliphatic heterocycles. The Morgan fingerprint density at radius 2 is 2.13 bits per heavy atom. The summed E-state index contributed by atoms with van der Waals surface area (Å²) in [7, 11) is 0. The number of fused-ring (bicyclic) bond motifs is 3. The molecule has 0 aromatic carbocycles. The van der Waals surface area contributed by atoms with Crippen LogP contribution >= 0.6 is 0 Å². The fraction of sp³-hybridized carbons (Fsp3) is 0.667. The van der Waals surface area contributed by atoms with Crippen molar-refractivity contribution in [3.63, 3.8) is 0 Å². The van der Waals surface area contributed by atoms with E-state index < -0.39 is 0 Å². The quantitative estimate of drug-likeness (QED) is 0.815. The molecule has 0 radical (unpaired) electrons. The zero-order valence-corrected chi connectivity index (χ0v) is 14.3. The first-order valence-corrected chi connectivity index (χ1v) is 8.74. The first kappa shape index (κ1) is 16.2. The van der Waals surface area contributed by atoms with Gasteiger partial charge >= 0.3 is 0 Å². The molecule has 1 aromatic rings. The molecule has 3 aliphatic rings. The third-order valence-electron chi connectivity index (χ3n) is 5.44. The predicted molar refractivity (Wildman–Crippen MR) is 91.3 cm³/mol. The Morgan fingerprint density at radius 1 is 1.39 bits per heavy atom. The lowest BCUT2D eigenvalue weighted by molar-refractivity contribution is -0.123. The Hall–Kier alpha value is -1.62. The molecule has 126 valence electrons. The first-order chi connectivity index (χ1) is 11.1. The number of allylic oxidation sites excluding steroid dienone is 1. The van der Waals surface area contributed by atoms with Crippen molar-refractivity contribution in [3.8, 4) is 0 Å². The van der Waals surface area contributed by atoms with Gasteiger partial charge in [-0.05, 0) is 57.7 Å². The van der Waals surface area contributed by atoms with Crippen molar-refractivity contribution in [2.24, 2.45) is 5.92 Å². The Labute approximate surface area is 138 Å². The number of carbonyl (C=O) groups is 1. The van der Waals surface area contributed by atoms with E-state index in [9.17, 15) is 4.79 Å². The molecular formula is C18H28N4O. The number of aryl methyl sites for hydroxylation is 1. The Bertz CT molecular complexity index is 584. The predicted octanol–water partition coefficient (Wildman–Crippen LogP) is 1.83. The molecule has 3 saturated heterocycles. The van der Waals surface area contributed by atoms with Gasteiger partial charge in [-0.1, -0.05) is 6.08 Å². The van der Waals surface area contributed by atoms with Crippen LogP contribution in [0.2, 0.25) is 0 Å². The molecule has 0 saturated carbocycles. The van der Waals surface area contributed by atoms with Crippen molar-refractivity contribution in [1.82, 2.24) is 20.0 Å². The van der Waals surface area contributed by atoms with Gasteiger partial charge in [-0.25, -0.2) is 0 Å². The van der Waals surface area contributed by atoms with Gasteiger partial charge in [-0.3, -0.25) is 9.48 Å². The monoisotopic (exact) mass is 316 g/mol. The van der Waals surface area contributed by atoms with E-state index >= 15 is 0 Å². The lowest BCUT2D eigenvalue weighted by atomic mass is 9.84. The van der Waals surface area contributed by atoms with Crippen molar-refractivity contribution >= 4 is 5.91 Å². The van der Waals surface area contributed by atoms with Crippen LogP contribution in [0.15, 0.2) is 12.7 Å². The number of hydrogen-bond donors (Lipinski definition) is 1. The number of hydrogen-bond acceptors (Lipinski definition) is 3. The molecule has 4 heterocycles. The minimum atomic E-state index is 0.180. The summed E-state index contributed by atoms with van der Waals surface area (Å²) < 4.78 is 1.96. The van der Waals surface area contributed by atoms with Gasteiger partial charge in [-0.15, -0.1) is 6.58 Å². The SMILES string of the molecule is C=CCn1nc(C)c(CCC(=O)NC2CN3CCC2CC3)c1C. The molecular weight excluding hydrogens is 288 g/mol. The molecule has 0 aliphatic carbocycles. The van der Waals surface area contributed by atoms with E-state index in [2.05, 4.69) is 28.8 Å². The van der Waals surface area contributed by atoms with E-state index in [1.165, 1.54) is 31.5 Å². The van der Waals surface area contributed by atoms with E-state index in [4.69, 9.17) is 0 Å². The third kappa shape index (κ3) is 3.50. The Kier molecular flexibility index (Phi) is 4.85. The molecule has 5 nitrogen and oxygen atoms in total. The minimum absolute atomic E-state index is 0.180. The van der Waals surface area contributed by atoms with Crippen molar-refractivity contribution in [3.05, 3.63) is 29.6 Å². The zero-order chi connectivity index (χ0) is 16.4. The van der Waals surface area contributed by atoms with Crippen LogP contribution in [0.25, 0.3) is 0 Å². The molecule has 1 aromatic heterocycles. The third-order valence-corrected chi connectivity index (χ3v) is 5.44. The van der Waals surface area contributed by atoms with E-state index in [0.717, 1.165) is 30.9 Å². The second kappa shape index (κ2) is 6.87. The highest BCUT2D eigenvalue weighted by atomic mass is 16.1. The van der Waals surface area contributed by atoms with Gasteiger partial charge in [0.2, 0.25) is 5.91 Å². The van der Waals surface area contributed by atoms with Crippen LogP contribution in [-0.4, -0.2) is 46.3 Å². The van der Waals surface area contributed by atoms with Gasteiger partial charge in [0, 0.05) is 24.7 Å². The van der Waals surface area contributed by atoms with E-state index in [-0.39, 0.29) is 5.91 Å². The summed E-state index contributed by atoms with van der Waals surface area (Å²) in [6.45, 7) is 12.0. The van der Waals surface area contributed by atoms with Crippen molar-refractivity contribution in [2.45, 2.75) is 52.1 Å². The molecule has 1 unspecified atom stereocenters. The molecule has 1 N–H and O–H groups in total. The van der Waals surface area contributed by atoms with Crippen LogP contribution in [0.5, 0.6) is 0 Å². The number of amides is 1.